The first-order chi connectivity index (χ1) is 7.74. The monoisotopic (exact) mass is 221 g/mol. The summed E-state index contributed by atoms with van der Waals surface area (Å²) in [6, 6.07) is 6.65. The molecule has 0 radical (unpaired) electrons. The van der Waals surface area contributed by atoms with Gasteiger partial charge in [0.1, 0.15) is 11.5 Å². The van der Waals surface area contributed by atoms with Gasteiger partial charge in [-0.05, 0) is 37.6 Å². The smallest absolute Gasteiger partial charge is 0.122 e. The summed E-state index contributed by atoms with van der Waals surface area (Å²) in [6.45, 7) is 3.31. The Kier molecular flexibility index (Phi) is 3.34. The van der Waals surface area contributed by atoms with Gasteiger partial charge in [0.05, 0.1) is 14.2 Å². The normalized spacial score (nSPS) is 24.4. The van der Waals surface area contributed by atoms with Crippen molar-refractivity contribution in [2.75, 3.05) is 20.8 Å². The first-order valence-corrected chi connectivity index (χ1v) is 5.71. The highest BCUT2D eigenvalue weighted by Crippen LogP contribution is 2.33. The van der Waals surface area contributed by atoms with Crippen molar-refractivity contribution in [3.8, 4) is 11.5 Å². The van der Waals surface area contributed by atoms with Crippen molar-refractivity contribution < 1.29 is 9.47 Å². The Balaban J connectivity index is 2.31. The van der Waals surface area contributed by atoms with E-state index in [0.29, 0.717) is 12.0 Å². The van der Waals surface area contributed by atoms with Crippen molar-refractivity contribution >= 4 is 0 Å². The van der Waals surface area contributed by atoms with Crippen LogP contribution in [0.5, 0.6) is 11.5 Å². The van der Waals surface area contributed by atoms with Crippen LogP contribution in [0.1, 0.15) is 24.8 Å². The molecule has 2 rings (SSSR count). The van der Waals surface area contributed by atoms with Crippen LogP contribution in [-0.2, 0) is 0 Å². The van der Waals surface area contributed by atoms with Crippen molar-refractivity contribution in [1.29, 1.82) is 0 Å². The summed E-state index contributed by atoms with van der Waals surface area (Å²) in [5, 5.41) is 3.46. The number of methoxy groups -OCH3 is 2. The van der Waals surface area contributed by atoms with Crippen molar-refractivity contribution in [3.05, 3.63) is 23.8 Å². The molecule has 0 aromatic heterocycles. The van der Waals surface area contributed by atoms with Crippen LogP contribution in [0.15, 0.2) is 18.2 Å². The lowest BCUT2D eigenvalue weighted by atomic mass is 9.92. The molecule has 0 amide bonds. The van der Waals surface area contributed by atoms with Gasteiger partial charge in [0.15, 0.2) is 0 Å². The molecular weight excluding hydrogens is 202 g/mol. The van der Waals surface area contributed by atoms with E-state index in [1.54, 1.807) is 14.2 Å². The third-order valence-electron chi connectivity index (χ3n) is 3.33. The Morgan fingerprint density at radius 1 is 1.12 bits per heavy atom. The highest BCUT2D eigenvalue weighted by molar-refractivity contribution is 5.40. The maximum absolute atomic E-state index is 5.29. The predicted octanol–water partition coefficient (Wildman–Crippen LogP) is 2.17. The molecule has 16 heavy (non-hydrogen) atoms. The average molecular weight is 221 g/mol. The molecule has 3 nitrogen and oxygen atoms in total. The van der Waals surface area contributed by atoms with E-state index in [1.165, 1.54) is 12.0 Å². The van der Waals surface area contributed by atoms with Gasteiger partial charge in [-0.3, -0.25) is 0 Å². The van der Waals surface area contributed by atoms with E-state index < -0.39 is 0 Å². The Morgan fingerprint density at radius 3 is 2.19 bits per heavy atom. The van der Waals surface area contributed by atoms with Crippen LogP contribution < -0.4 is 14.8 Å². The topological polar surface area (TPSA) is 30.5 Å². The molecule has 0 bridgehead atoms. The van der Waals surface area contributed by atoms with E-state index in [0.717, 1.165) is 18.0 Å². The van der Waals surface area contributed by atoms with Gasteiger partial charge in [0.2, 0.25) is 0 Å². The van der Waals surface area contributed by atoms with Crippen LogP contribution in [0.25, 0.3) is 0 Å². The molecule has 1 aromatic rings. The van der Waals surface area contributed by atoms with Crippen LogP contribution in [-0.4, -0.2) is 26.8 Å². The molecule has 1 fully saturated rings. The molecule has 88 valence electrons. The number of ether oxygens (including phenoxy) is 2. The van der Waals surface area contributed by atoms with Gasteiger partial charge in [0.25, 0.3) is 0 Å². The van der Waals surface area contributed by atoms with Gasteiger partial charge in [0, 0.05) is 18.0 Å². The van der Waals surface area contributed by atoms with Crippen LogP contribution in [0.3, 0.4) is 0 Å². The Hall–Kier alpha value is -1.22. The third-order valence-corrected chi connectivity index (χ3v) is 3.33. The summed E-state index contributed by atoms with van der Waals surface area (Å²) >= 11 is 0. The van der Waals surface area contributed by atoms with E-state index in [2.05, 4.69) is 24.4 Å². The summed E-state index contributed by atoms with van der Waals surface area (Å²) < 4.78 is 10.6. The molecule has 0 aliphatic carbocycles. The van der Waals surface area contributed by atoms with Gasteiger partial charge in [-0.1, -0.05) is 0 Å². The van der Waals surface area contributed by atoms with Gasteiger partial charge >= 0.3 is 0 Å². The highest BCUT2D eigenvalue weighted by Gasteiger charge is 2.25. The number of benzene rings is 1. The van der Waals surface area contributed by atoms with Crippen molar-refractivity contribution in [2.45, 2.75) is 25.3 Å². The van der Waals surface area contributed by atoms with E-state index >= 15 is 0 Å². The molecule has 1 aliphatic rings. The zero-order valence-corrected chi connectivity index (χ0v) is 10.1. The molecule has 1 heterocycles. The largest absolute Gasteiger partial charge is 0.497 e. The van der Waals surface area contributed by atoms with Crippen molar-refractivity contribution in [2.24, 2.45) is 0 Å². The number of hydrogen-bond donors (Lipinski definition) is 1. The zero-order chi connectivity index (χ0) is 11.5. The number of hydrogen-bond acceptors (Lipinski definition) is 3. The maximum Gasteiger partial charge on any atom is 0.122 e. The highest BCUT2D eigenvalue weighted by atomic mass is 16.5. The second-order valence-electron chi connectivity index (χ2n) is 4.28. The van der Waals surface area contributed by atoms with Gasteiger partial charge in [-0.2, -0.15) is 0 Å². The molecule has 0 spiro atoms. The van der Waals surface area contributed by atoms with Crippen molar-refractivity contribution in [3.63, 3.8) is 0 Å². The fourth-order valence-corrected chi connectivity index (χ4v) is 2.36. The van der Waals surface area contributed by atoms with Gasteiger partial charge < -0.3 is 14.8 Å². The van der Waals surface area contributed by atoms with E-state index in [4.69, 9.17) is 9.47 Å². The molecule has 3 heteroatoms. The van der Waals surface area contributed by atoms with Gasteiger partial charge in [-0.15, -0.1) is 0 Å². The minimum absolute atomic E-state index is 0.525. The van der Waals surface area contributed by atoms with E-state index in [9.17, 15) is 0 Å². The lowest BCUT2D eigenvalue weighted by Gasteiger charge is -2.17. The van der Waals surface area contributed by atoms with E-state index in [-0.39, 0.29) is 0 Å². The van der Waals surface area contributed by atoms with Gasteiger partial charge in [-0.25, -0.2) is 0 Å². The average Bonchev–Trinajstić information content (AvgIpc) is 2.74. The lowest BCUT2D eigenvalue weighted by molar-refractivity contribution is 0.392. The van der Waals surface area contributed by atoms with Crippen LogP contribution in [0.2, 0.25) is 0 Å². The summed E-state index contributed by atoms with van der Waals surface area (Å²) in [6.07, 6.45) is 1.18. The minimum Gasteiger partial charge on any atom is -0.497 e. The first kappa shape index (κ1) is 11.3. The minimum atomic E-state index is 0.525. The van der Waals surface area contributed by atoms with Crippen molar-refractivity contribution in [1.82, 2.24) is 5.32 Å². The molecule has 2 unspecified atom stereocenters. The summed E-state index contributed by atoms with van der Waals surface area (Å²) in [5.41, 5.74) is 1.30. The molecule has 0 saturated carbocycles. The molecule has 1 aliphatic heterocycles. The first-order valence-electron chi connectivity index (χ1n) is 5.71. The van der Waals surface area contributed by atoms with E-state index in [1.807, 2.05) is 6.07 Å². The second kappa shape index (κ2) is 4.74. The fraction of sp³-hybridized carbons (Fsp3) is 0.538. The number of rotatable bonds is 3. The third kappa shape index (κ3) is 2.14. The SMILES string of the molecule is COc1cc(OC)cc(C2CCNC2C)c1. The molecular formula is C13H19NO2. The molecule has 2 atom stereocenters. The Morgan fingerprint density at radius 2 is 1.75 bits per heavy atom. The molecule has 1 saturated heterocycles. The second-order valence-corrected chi connectivity index (χ2v) is 4.28. The fourth-order valence-electron chi connectivity index (χ4n) is 2.36. The molecule has 1 aromatic carbocycles. The Labute approximate surface area is 96.8 Å². The number of nitrogens with one attached hydrogen (secondary N) is 1. The maximum atomic E-state index is 5.29. The molecule has 1 N–H and O–H groups in total. The Bertz CT molecular complexity index is 343. The quantitative estimate of drug-likeness (QED) is 0.848. The summed E-state index contributed by atoms with van der Waals surface area (Å²) in [4.78, 5) is 0. The lowest BCUT2D eigenvalue weighted by Crippen LogP contribution is -2.21. The summed E-state index contributed by atoms with van der Waals surface area (Å²) in [5.74, 6) is 2.30. The predicted molar refractivity (Wildman–Crippen MR) is 64.4 cm³/mol. The zero-order valence-electron chi connectivity index (χ0n) is 10.1. The van der Waals surface area contributed by atoms with Crippen LogP contribution in [0, 0.1) is 0 Å². The summed E-state index contributed by atoms with van der Waals surface area (Å²) in [7, 11) is 3.38. The standard InChI is InChI=1S/C13H19NO2/c1-9-13(4-5-14-9)10-6-11(15-2)8-12(7-10)16-3/h6-9,13-14H,4-5H2,1-3H3. The van der Waals surface area contributed by atoms with Crippen LogP contribution >= 0.6 is 0 Å². The van der Waals surface area contributed by atoms with Crippen LogP contribution in [0.4, 0.5) is 0 Å².